The highest BCUT2D eigenvalue weighted by molar-refractivity contribution is 9.10. The molecule has 102 valence electrons. The van der Waals surface area contributed by atoms with Gasteiger partial charge in [0, 0.05) is 15.8 Å². The number of halogens is 5. The number of hydrogen-bond acceptors (Lipinski definition) is 3. The number of carbonyl (C=O) groups excluding carboxylic acids is 1. The van der Waals surface area contributed by atoms with E-state index in [4.69, 9.17) is 0 Å². The summed E-state index contributed by atoms with van der Waals surface area (Å²) in [7, 11) is 0. The Hall–Kier alpha value is -0.470. The molecule has 0 radical (unpaired) electrons. The van der Waals surface area contributed by atoms with Crippen LogP contribution < -0.4 is 0 Å². The van der Waals surface area contributed by atoms with E-state index in [1.165, 1.54) is 11.3 Å². The quantitative estimate of drug-likeness (QED) is 0.704. The van der Waals surface area contributed by atoms with E-state index in [0.717, 1.165) is 9.35 Å². The zero-order chi connectivity index (χ0) is 13.8. The Morgan fingerprint density at radius 3 is 2.67 bits per heavy atom. The molecule has 0 spiro atoms. The number of hydrogen-bond donors (Lipinski definition) is 0. The van der Waals surface area contributed by atoms with Gasteiger partial charge in [0.1, 0.15) is 13.2 Å². The van der Waals surface area contributed by atoms with Crippen LogP contribution in [0, 0.1) is 0 Å². The Morgan fingerprint density at radius 1 is 1.50 bits per heavy atom. The van der Waals surface area contributed by atoms with Crippen molar-refractivity contribution in [1.82, 2.24) is 0 Å². The average molecular weight is 349 g/mol. The fraction of sp³-hybridized carbons (Fsp3) is 0.500. The summed E-state index contributed by atoms with van der Waals surface area (Å²) in [5.74, 6) is -4.66. The highest BCUT2D eigenvalue weighted by Crippen LogP contribution is 2.24. The van der Waals surface area contributed by atoms with Crippen molar-refractivity contribution in [3.8, 4) is 0 Å². The van der Waals surface area contributed by atoms with E-state index in [9.17, 15) is 22.4 Å². The lowest BCUT2D eigenvalue weighted by Crippen LogP contribution is -2.33. The highest BCUT2D eigenvalue weighted by atomic mass is 79.9. The predicted molar refractivity (Wildman–Crippen MR) is 62.5 cm³/mol. The topological polar surface area (TPSA) is 26.3 Å². The fourth-order valence-electron chi connectivity index (χ4n) is 1.05. The Morgan fingerprint density at radius 2 is 2.17 bits per heavy atom. The SMILES string of the molecule is O=C(COCC(F)(F)C(F)F)Cc1sccc1Br. The lowest BCUT2D eigenvalue weighted by atomic mass is 10.2. The molecule has 1 aromatic heterocycles. The molecule has 0 unspecified atom stereocenters. The van der Waals surface area contributed by atoms with Crippen LogP contribution in [0.5, 0.6) is 0 Å². The van der Waals surface area contributed by atoms with Crippen molar-refractivity contribution < 1.29 is 27.1 Å². The molecule has 0 fully saturated rings. The first kappa shape index (κ1) is 15.6. The molecule has 0 saturated carbocycles. The second-order valence-corrected chi connectivity index (χ2v) is 5.32. The van der Waals surface area contributed by atoms with E-state index in [0.29, 0.717) is 0 Å². The van der Waals surface area contributed by atoms with Crippen molar-refractivity contribution >= 4 is 33.0 Å². The van der Waals surface area contributed by atoms with Gasteiger partial charge in [0.2, 0.25) is 0 Å². The van der Waals surface area contributed by atoms with Gasteiger partial charge in [-0.3, -0.25) is 4.79 Å². The zero-order valence-corrected chi connectivity index (χ0v) is 11.4. The molecule has 0 aliphatic heterocycles. The van der Waals surface area contributed by atoms with Gasteiger partial charge >= 0.3 is 12.3 Å². The summed E-state index contributed by atoms with van der Waals surface area (Å²) in [4.78, 5) is 12.1. The molecule has 0 saturated heterocycles. The van der Waals surface area contributed by atoms with Gasteiger partial charge in [0.25, 0.3) is 0 Å². The Kier molecular flexibility index (Phi) is 5.74. The number of thiophene rings is 1. The second kappa shape index (κ2) is 6.63. The molecule has 0 N–H and O–H groups in total. The van der Waals surface area contributed by atoms with Crippen LogP contribution >= 0.6 is 27.3 Å². The minimum absolute atomic E-state index is 0.0263. The maximum Gasteiger partial charge on any atom is 0.330 e. The maximum absolute atomic E-state index is 12.4. The summed E-state index contributed by atoms with van der Waals surface area (Å²) in [5.41, 5.74) is 0. The van der Waals surface area contributed by atoms with Gasteiger partial charge in [-0.25, -0.2) is 8.78 Å². The third kappa shape index (κ3) is 4.66. The predicted octanol–water partition coefficient (Wildman–Crippen LogP) is 3.54. The monoisotopic (exact) mass is 348 g/mol. The molecule has 8 heteroatoms. The van der Waals surface area contributed by atoms with Gasteiger partial charge < -0.3 is 4.74 Å². The molecule has 0 aliphatic rings. The molecule has 0 atom stereocenters. The maximum atomic E-state index is 12.4. The van der Waals surface area contributed by atoms with E-state index in [1.807, 2.05) is 0 Å². The average Bonchev–Trinajstić information content (AvgIpc) is 2.64. The van der Waals surface area contributed by atoms with E-state index < -0.39 is 31.3 Å². The largest absolute Gasteiger partial charge is 0.367 e. The second-order valence-electron chi connectivity index (χ2n) is 3.46. The Labute approximate surface area is 113 Å². The number of Topliss-reactive ketones (excluding diaryl/α,β-unsaturated/α-hetero) is 1. The zero-order valence-electron chi connectivity index (χ0n) is 8.97. The van der Waals surface area contributed by atoms with Crippen LogP contribution in [0.25, 0.3) is 0 Å². The molecular formula is C10H9BrF4O2S. The van der Waals surface area contributed by atoms with Crippen LogP contribution in [0.1, 0.15) is 4.88 Å². The van der Waals surface area contributed by atoms with Gasteiger partial charge in [-0.2, -0.15) is 8.78 Å². The smallest absolute Gasteiger partial charge is 0.330 e. The van der Waals surface area contributed by atoms with Crippen LogP contribution in [0.4, 0.5) is 17.6 Å². The van der Waals surface area contributed by atoms with Crippen LogP contribution in [-0.2, 0) is 16.0 Å². The number of alkyl halides is 4. The van der Waals surface area contributed by atoms with E-state index >= 15 is 0 Å². The number of carbonyl (C=O) groups is 1. The molecule has 0 bridgehead atoms. The summed E-state index contributed by atoms with van der Waals surface area (Å²) in [5, 5.41) is 1.76. The minimum Gasteiger partial charge on any atom is -0.367 e. The van der Waals surface area contributed by atoms with Crippen molar-refractivity contribution in [2.75, 3.05) is 13.2 Å². The van der Waals surface area contributed by atoms with Crippen molar-refractivity contribution in [1.29, 1.82) is 0 Å². The van der Waals surface area contributed by atoms with Crippen LogP contribution in [0.15, 0.2) is 15.9 Å². The molecule has 0 aliphatic carbocycles. The number of ether oxygens (including phenoxy) is 1. The normalized spacial score (nSPS) is 12.1. The van der Waals surface area contributed by atoms with Gasteiger partial charge in [0.05, 0.1) is 0 Å². The van der Waals surface area contributed by atoms with E-state index in [1.54, 1.807) is 11.4 Å². The molecule has 2 nitrogen and oxygen atoms in total. The first-order valence-electron chi connectivity index (χ1n) is 4.80. The van der Waals surface area contributed by atoms with Crippen molar-refractivity contribution in [2.24, 2.45) is 0 Å². The lowest BCUT2D eigenvalue weighted by Gasteiger charge is -2.14. The first-order valence-corrected chi connectivity index (χ1v) is 6.47. The molecule has 0 amide bonds. The number of ketones is 1. The van der Waals surface area contributed by atoms with Crippen LogP contribution in [0.3, 0.4) is 0 Å². The molecule has 1 aromatic rings. The highest BCUT2D eigenvalue weighted by Gasteiger charge is 2.41. The standard InChI is InChI=1S/C10H9BrF4O2S/c11-7-1-2-18-8(7)3-6(16)4-17-5-10(14,15)9(12)13/h1-2,9H,3-5H2. The summed E-state index contributed by atoms with van der Waals surface area (Å²) >= 11 is 4.54. The third-order valence-electron chi connectivity index (χ3n) is 1.93. The third-order valence-corrected chi connectivity index (χ3v) is 3.85. The minimum atomic E-state index is -4.22. The summed E-state index contributed by atoms with van der Waals surface area (Å²) in [6.07, 6.45) is -3.77. The summed E-state index contributed by atoms with van der Waals surface area (Å²) < 4.78 is 53.5. The first-order chi connectivity index (χ1) is 8.33. The number of rotatable bonds is 7. The van der Waals surface area contributed by atoms with Gasteiger partial charge in [0.15, 0.2) is 5.78 Å². The van der Waals surface area contributed by atoms with Gasteiger partial charge in [-0.15, -0.1) is 11.3 Å². The van der Waals surface area contributed by atoms with Gasteiger partial charge in [-0.1, -0.05) is 0 Å². The van der Waals surface area contributed by atoms with Crippen molar-refractivity contribution in [2.45, 2.75) is 18.8 Å². The van der Waals surface area contributed by atoms with Crippen LogP contribution in [-0.4, -0.2) is 31.3 Å². The summed E-state index contributed by atoms with van der Waals surface area (Å²) in [6.45, 7) is -2.06. The molecular weight excluding hydrogens is 340 g/mol. The van der Waals surface area contributed by atoms with Crippen molar-refractivity contribution in [3.05, 3.63) is 20.8 Å². The van der Waals surface area contributed by atoms with E-state index in [-0.39, 0.29) is 6.42 Å². The van der Waals surface area contributed by atoms with Crippen molar-refractivity contribution in [3.63, 3.8) is 0 Å². The molecule has 18 heavy (non-hydrogen) atoms. The lowest BCUT2D eigenvalue weighted by molar-refractivity contribution is -0.168. The van der Waals surface area contributed by atoms with Crippen LogP contribution in [0.2, 0.25) is 0 Å². The van der Waals surface area contributed by atoms with Gasteiger partial charge in [-0.05, 0) is 27.4 Å². The Balaban J connectivity index is 2.32. The molecule has 0 aromatic carbocycles. The van der Waals surface area contributed by atoms with E-state index in [2.05, 4.69) is 20.7 Å². The summed E-state index contributed by atoms with van der Waals surface area (Å²) in [6, 6.07) is 1.75. The Bertz CT molecular complexity index is 408. The fourth-order valence-corrected chi connectivity index (χ4v) is 2.57. The molecule has 1 heterocycles. The molecule has 1 rings (SSSR count).